The highest BCUT2D eigenvalue weighted by Gasteiger charge is 2.56. The van der Waals surface area contributed by atoms with Gasteiger partial charge in [-0.25, -0.2) is 4.79 Å². The quantitative estimate of drug-likeness (QED) is 0.521. The Morgan fingerprint density at radius 2 is 1.55 bits per heavy atom. The number of phenolic OH excluding ortho intramolecular Hbond substituents is 1. The number of hydrogen-bond donors (Lipinski definition) is 2. The minimum absolute atomic E-state index is 0.0712. The number of barbiturate groups is 1. The summed E-state index contributed by atoms with van der Waals surface area (Å²) in [6.07, 6.45) is 8.32. The molecule has 4 aliphatic carbocycles. The highest BCUT2D eigenvalue weighted by atomic mass is 16.5. The van der Waals surface area contributed by atoms with Gasteiger partial charge in [0.25, 0.3) is 11.8 Å². The molecule has 1 atom stereocenters. The zero-order chi connectivity index (χ0) is 23.5. The number of nitrogens with one attached hydrogen (secondary N) is 1. The molecule has 0 spiro atoms. The number of phenols is 1. The summed E-state index contributed by atoms with van der Waals surface area (Å²) in [6.45, 7) is 1.96. The zero-order valence-electron chi connectivity index (χ0n) is 19.2. The standard InChI is InChI=1S/C25H30N2O6/c1-13(25-10-15-4-16(11-25)6-17(5-15)12-25)27-23(30)18(22(29)26-24(27)31)7-14-8-19(32-2)21(28)20(9-14)33-3/h7-9,13,15-17,28H,4-6,10-12H2,1-3H3,(H,26,29,31)/b18-7+/t13-,15?,16?,17?,25?/m0/s1. The second-order valence-corrected chi connectivity index (χ2v) is 10.2. The van der Waals surface area contributed by atoms with Crippen LogP contribution in [-0.4, -0.2) is 48.1 Å². The Morgan fingerprint density at radius 3 is 2.03 bits per heavy atom. The fraction of sp³-hybridized carbons (Fsp3) is 0.560. The van der Waals surface area contributed by atoms with Gasteiger partial charge in [0.1, 0.15) is 5.57 Å². The lowest BCUT2D eigenvalue weighted by Crippen LogP contribution is -2.63. The third kappa shape index (κ3) is 3.47. The predicted octanol–water partition coefficient (Wildman–Crippen LogP) is 3.48. The first-order valence-corrected chi connectivity index (χ1v) is 11.6. The Bertz CT molecular complexity index is 1000. The average molecular weight is 455 g/mol. The molecule has 0 unspecified atom stereocenters. The maximum Gasteiger partial charge on any atom is 0.331 e. The Kier molecular flexibility index (Phi) is 5.14. The molecule has 4 amide bonds. The van der Waals surface area contributed by atoms with Gasteiger partial charge in [0.05, 0.1) is 14.2 Å². The number of carbonyl (C=O) groups excluding carboxylic acids is 3. The number of urea groups is 1. The van der Waals surface area contributed by atoms with Crippen LogP contribution in [0.1, 0.15) is 51.0 Å². The second-order valence-electron chi connectivity index (χ2n) is 10.2. The van der Waals surface area contributed by atoms with E-state index in [2.05, 4.69) is 5.32 Å². The van der Waals surface area contributed by atoms with Crippen molar-refractivity contribution in [2.75, 3.05) is 14.2 Å². The van der Waals surface area contributed by atoms with E-state index in [0.29, 0.717) is 23.3 Å². The Balaban J connectivity index is 1.48. The molecule has 1 aliphatic heterocycles. The van der Waals surface area contributed by atoms with E-state index >= 15 is 0 Å². The molecule has 1 saturated heterocycles. The number of nitrogens with zero attached hydrogens (tertiary/aromatic N) is 1. The maximum atomic E-state index is 13.5. The molecule has 176 valence electrons. The van der Waals surface area contributed by atoms with E-state index < -0.39 is 17.8 Å². The fourth-order valence-electron chi connectivity index (χ4n) is 7.15. The number of benzene rings is 1. The lowest BCUT2D eigenvalue weighted by Gasteiger charge is -2.60. The van der Waals surface area contributed by atoms with Crippen LogP contribution in [0.2, 0.25) is 0 Å². The monoisotopic (exact) mass is 454 g/mol. The number of rotatable bonds is 5. The van der Waals surface area contributed by atoms with E-state index in [0.717, 1.165) is 19.3 Å². The third-order valence-electron chi connectivity index (χ3n) is 8.31. The molecule has 5 aliphatic rings. The first-order valence-electron chi connectivity index (χ1n) is 11.6. The van der Waals surface area contributed by atoms with Crippen LogP contribution in [0.4, 0.5) is 4.79 Å². The topological polar surface area (TPSA) is 105 Å². The van der Waals surface area contributed by atoms with E-state index in [9.17, 15) is 19.5 Å². The molecule has 8 heteroatoms. The summed E-state index contributed by atoms with van der Waals surface area (Å²) in [4.78, 5) is 40.3. The van der Waals surface area contributed by atoms with Crippen LogP contribution in [0.5, 0.6) is 17.2 Å². The SMILES string of the molecule is COc1cc(/C=C2\C(=O)NC(=O)N([C@@H](C)C34CC5CC(CC(C5)C3)C4)C2=O)cc(OC)c1O. The second kappa shape index (κ2) is 7.78. The van der Waals surface area contributed by atoms with Gasteiger partial charge >= 0.3 is 6.03 Å². The van der Waals surface area contributed by atoms with Crippen LogP contribution in [0.15, 0.2) is 17.7 Å². The van der Waals surface area contributed by atoms with Crippen molar-refractivity contribution in [1.82, 2.24) is 10.2 Å². The number of imide groups is 2. The maximum absolute atomic E-state index is 13.5. The van der Waals surface area contributed by atoms with Crippen LogP contribution in [0, 0.1) is 23.2 Å². The summed E-state index contributed by atoms with van der Waals surface area (Å²) in [5, 5.41) is 12.5. The van der Waals surface area contributed by atoms with E-state index in [-0.39, 0.29) is 34.3 Å². The molecule has 1 heterocycles. The van der Waals surface area contributed by atoms with Crippen LogP contribution in [0.25, 0.3) is 6.08 Å². The summed E-state index contributed by atoms with van der Waals surface area (Å²) in [5.41, 5.74) is 0.246. The molecule has 0 aromatic heterocycles. The lowest BCUT2D eigenvalue weighted by molar-refractivity contribution is -0.139. The third-order valence-corrected chi connectivity index (χ3v) is 8.31. The van der Waals surface area contributed by atoms with E-state index in [1.54, 1.807) is 0 Å². The summed E-state index contributed by atoms with van der Waals surface area (Å²) in [6, 6.07) is 2.08. The number of aromatic hydroxyl groups is 1. The van der Waals surface area contributed by atoms with Crippen molar-refractivity contribution in [2.45, 2.75) is 51.5 Å². The zero-order valence-corrected chi connectivity index (χ0v) is 19.2. The molecule has 4 bridgehead atoms. The van der Waals surface area contributed by atoms with Gasteiger partial charge in [-0.05, 0) is 92.4 Å². The van der Waals surface area contributed by atoms with Crippen molar-refractivity contribution in [1.29, 1.82) is 0 Å². The average Bonchev–Trinajstić information content (AvgIpc) is 2.76. The molecule has 6 rings (SSSR count). The van der Waals surface area contributed by atoms with Crippen LogP contribution in [-0.2, 0) is 9.59 Å². The molecular weight excluding hydrogens is 424 g/mol. The first-order chi connectivity index (χ1) is 15.7. The van der Waals surface area contributed by atoms with Gasteiger partial charge in [0.2, 0.25) is 5.75 Å². The summed E-state index contributed by atoms with van der Waals surface area (Å²) in [5.74, 6) is 0.844. The predicted molar refractivity (Wildman–Crippen MR) is 120 cm³/mol. The highest BCUT2D eigenvalue weighted by Crippen LogP contribution is 2.62. The van der Waals surface area contributed by atoms with Crippen molar-refractivity contribution < 1.29 is 29.0 Å². The largest absolute Gasteiger partial charge is 0.502 e. The molecule has 1 aromatic rings. The van der Waals surface area contributed by atoms with Crippen molar-refractivity contribution in [2.24, 2.45) is 23.2 Å². The van der Waals surface area contributed by atoms with Gasteiger partial charge in [-0.3, -0.25) is 19.8 Å². The van der Waals surface area contributed by atoms with Crippen molar-refractivity contribution >= 4 is 23.9 Å². The molecule has 4 saturated carbocycles. The first kappa shape index (κ1) is 21.8. The van der Waals surface area contributed by atoms with Crippen molar-refractivity contribution in [3.8, 4) is 17.2 Å². The van der Waals surface area contributed by atoms with E-state index in [1.807, 2.05) is 6.92 Å². The molecule has 2 N–H and O–H groups in total. The minimum Gasteiger partial charge on any atom is -0.502 e. The van der Waals surface area contributed by atoms with Crippen LogP contribution < -0.4 is 14.8 Å². The Labute approximate surface area is 192 Å². The molecule has 8 nitrogen and oxygen atoms in total. The van der Waals surface area contributed by atoms with Crippen molar-refractivity contribution in [3.63, 3.8) is 0 Å². The van der Waals surface area contributed by atoms with E-state index in [1.165, 1.54) is 56.6 Å². The van der Waals surface area contributed by atoms with Gasteiger partial charge in [-0.15, -0.1) is 0 Å². The van der Waals surface area contributed by atoms with Gasteiger partial charge in [0.15, 0.2) is 11.5 Å². The smallest absolute Gasteiger partial charge is 0.331 e. The summed E-state index contributed by atoms with van der Waals surface area (Å²) < 4.78 is 10.4. The van der Waals surface area contributed by atoms with Gasteiger partial charge < -0.3 is 14.6 Å². The number of amides is 4. The summed E-state index contributed by atoms with van der Waals surface area (Å²) >= 11 is 0. The van der Waals surface area contributed by atoms with Crippen molar-refractivity contribution in [3.05, 3.63) is 23.3 Å². The minimum atomic E-state index is -0.732. The van der Waals surface area contributed by atoms with Crippen LogP contribution in [0.3, 0.4) is 0 Å². The molecular formula is C25H30N2O6. The van der Waals surface area contributed by atoms with Gasteiger partial charge in [-0.1, -0.05) is 0 Å². The Hall–Kier alpha value is -3.03. The molecule has 5 fully saturated rings. The summed E-state index contributed by atoms with van der Waals surface area (Å²) in [7, 11) is 2.80. The van der Waals surface area contributed by atoms with Gasteiger partial charge in [0, 0.05) is 6.04 Å². The molecule has 1 aromatic carbocycles. The Morgan fingerprint density at radius 1 is 1.03 bits per heavy atom. The number of carbonyl (C=O) groups is 3. The lowest BCUT2D eigenvalue weighted by atomic mass is 9.47. The normalized spacial score (nSPS) is 32.8. The van der Waals surface area contributed by atoms with E-state index in [4.69, 9.17) is 9.47 Å². The molecule has 33 heavy (non-hydrogen) atoms. The van der Waals surface area contributed by atoms with Crippen LogP contribution >= 0.6 is 0 Å². The number of ether oxygens (including phenoxy) is 2. The number of hydrogen-bond acceptors (Lipinski definition) is 6. The van der Waals surface area contributed by atoms with Gasteiger partial charge in [-0.2, -0.15) is 0 Å². The highest BCUT2D eigenvalue weighted by molar-refractivity contribution is 6.31. The fourth-order valence-corrected chi connectivity index (χ4v) is 7.15. The molecule has 0 radical (unpaired) electrons. The number of methoxy groups -OCH3 is 2.